The van der Waals surface area contributed by atoms with E-state index < -0.39 is 93.5 Å². The Balaban J connectivity index is 1.37. The number of alkyl carbamates (subject to hydrolysis) is 1. The molecule has 0 radical (unpaired) electrons. The number of nitrogens with zero attached hydrogens (tertiary/aromatic N) is 1. The van der Waals surface area contributed by atoms with Crippen LogP contribution in [0.15, 0.2) is 58.4 Å². The summed E-state index contributed by atoms with van der Waals surface area (Å²) in [4.78, 5) is 54.1. The van der Waals surface area contributed by atoms with Crippen molar-refractivity contribution in [3.63, 3.8) is 0 Å². The lowest BCUT2D eigenvalue weighted by Crippen LogP contribution is -2.65. The number of hydrogen-bond acceptors (Lipinski definition) is 14. The van der Waals surface area contributed by atoms with E-state index in [1.807, 2.05) is 39.0 Å². The number of fused-ring (bicyclic) bond motifs is 4. The van der Waals surface area contributed by atoms with Gasteiger partial charge < -0.3 is 39.6 Å². The topological polar surface area (TPSA) is 204 Å². The van der Waals surface area contributed by atoms with Crippen molar-refractivity contribution in [2.45, 2.75) is 127 Å². The Labute approximate surface area is 353 Å². The van der Waals surface area contributed by atoms with Crippen LogP contribution in [-0.2, 0) is 28.5 Å². The van der Waals surface area contributed by atoms with E-state index in [1.165, 1.54) is 14.0 Å². The van der Waals surface area contributed by atoms with Crippen LogP contribution in [0.5, 0.6) is 0 Å². The minimum atomic E-state index is -1.88. The molecule has 3 heterocycles. The van der Waals surface area contributed by atoms with Gasteiger partial charge in [0.05, 0.1) is 48.4 Å². The maximum atomic E-state index is 15.3. The van der Waals surface area contributed by atoms with E-state index in [2.05, 4.69) is 12.2 Å². The number of aliphatic hydroxyl groups is 3. The number of thioether (sulfide) groups is 2. The molecule has 14 nitrogen and oxygen atoms in total. The molecule has 2 bridgehead atoms. The summed E-state index contributed by atoms with van der Waals surface area (Å²) >= 11 is 3.40. The number of esters is 1. The molecule has 59 heavy (non-hydrogen) atoms. The quantitative estimate of drug-likeness (QED) is 0.0847. The minimum Gasteiger partial charge on any atom is -0.511 e. The predicted molar refractivity (Wildman–Crippen MR) is 222 cm³/mol. The van der Waals surface area contributed by atoms with Gasteiger partial charge in [-0.3, -0.25) is 14.9 Å². The van der Waals surface area contributed by atoms with Gasteiger partial charge in [-0.1, -0.05) is 56.7 Å². The molecule has 1 amide bonds. The number of ketones is 1. The molecular weight excluding hydrogens is 801 g/mol. The predicted octanol–water partition coefficient (Wildman–Crippen LogP) is 5.81. The molecule has 16 heteroatoms. The number of aliphatic hydroxyl groups excluding tert-OH is 3. The highest BCUT2D eigenvalue weighted by molar-refractivity contribution is 8.20. The molecule has 324 valence electrons. The van der Waals surface area contributed by atoms with Gasteiger partial charge in [-0.25, -0.2) is 9.59 Å². The number of carbonyl (C=O) groups excluding carboxylic acids is 3. The molecule has 3 saturated heterocycles. The molecule has 1 spiro atoms. The summed E-state index contributed by atoms with van der Waals surface area (Å²) in [7, 11) is 1.17. The van der Waals surface area contributed by atoms with Crippen molar-refractivity contribution in [2.24, 2.45) is 40.9 Å². The number of amides is 1. The van der Waals surface area contributed by atoms with Gasteiger partial charge in [0.2, 0.25) is 11.3 Å². The fraction of sp³-hybridized carbons (Fsp3) is 0.698. The van der Waals surface area contributed by atoms with Crippen LogP contribution in [0.3, 0.4) is 0 Å². The zero-order valence-electron chi connectivity index (χ0n) is 34.9. The van der Waals surface area contributed by atoms with Crippen molar-refractivity contribution in [2.75, 3.05) is 18.6 Å². The van der Waals surface area contributed by atoms with Crippen molar-refractivity contribution in [1.29, 1.82) is 0 Å². The average molecular weight is 859 g/mol. The lowest BCUT2D eigenvalue weighted by molar-refractivity contribution is -0.584. The normalized spacial score (nSPS) is 47.0. The molecule has 0 aromatic carbocycles. The van der Waals surface area contributed by atoms with Gasteiger partial charge in [0, 0.05) is 47.0 Å². The maximum absolute atomic E-state index is 15.3. The first-order valence-corrected chi connectivity index (χ1v) is 22.7. The summed E-state index contributed by atoms with van der Waals surface area (Å²) in [6.07, 6.45) is 4.51. The van der Waals surface area contributed by atoms with Gasteiger partial charge in [0.25, 0.3) is 0 Å². The Morgan fingerprint density at radius 1 is 1.05 bits per heavy atom. The number of allylic oxidation sites excluding steroid dienone is 3. The first-order valence-electron chi connectivity index (χ1n) is 20.6. The van der Waals surface area contributed by atoms with E-state index in [0.717, 1.165) is 22.7 Å². The van der Waals surface area contributed by atoms with Crippen molar-refractivity contribution < 1.29 is 53.6 Å². The molecule has 15 unspecified atom stereocenters. The van der Waals surface area contributed by atoms with Crippen molar-refractivity contribution in [3.8, 4) is 0 Å². The fourth-order valence-electron chi connectivity index (χ4n) is 11.5. The van der Waals surface area contributed by atoms with Crippen LogP contribution in [0.25, 0.3) is 0 Å². The van der Waals surface area contributed by atoms with Crippen LogP contribution in [0.1, 0.15) is 74.1 Å². The standard InChI is InChI=1S/C43H58N2O12S2/c1-20-9-12-30(56-31-19-41(6,45(52)53)35(24(5)55-31)44-40(51)54-8)21(2)16-28-29(46)17-25(39-58-13-14-59-39)18-43(28)37(49)32(38(50)57-43)36(48)42(7)27(20)11-10-26-33(42)22(3)15-23(4)34(26)47/h9-11,16-17,22-24,26-31,33-35,39,46-48H,12-15,18-19H2,1-8H3,(H,44,51)/b20-9+,21-16+,36-32-. The summed E-state index contributed by atoms with van der Waals surface area (Å²) in [5, 5.41) is 51.5. The molecule has 7 aliphatic rings. The summed E-state index contributed by atoms with van der Waals surface area (Å²) in [5.74, 6) is -2.59. The first kappa shape index (κ1) is 43.9. The van der Waals surface area contributed by atoms with Gasteiger partial charge in [-0.15, -0.1) is 23.5 Å². The average Bonchev–Trinajstić information content (AvgIpc) is 3.80. The third-order valence-corrected chi connectivity index (χ3v) is 17.7. The molecule has 1 saturated carbocycles. The minimum absolute atomic E-state index is 0.0139. The molecule has 4 aliphatic carbocycles. The van der Waals surface area contributed by atoms with E-state index >= 15 is 4.79 Å². The van der Waals surface area contributed by atoms with Crippen LogP contribution in [0.4, 0.5) is 4.79 Å². The Hall–Kier alpha value is -3.15. The number of hydrogen-bond donors (Lipinski definition) is 4. The summed E-state index contributed by atoms with van der Waals surface area (Å²) < 4.78 is 23.9. The summed E-state index contributed by atoms with van der Waals surface area (Å²) in [6.45, 7) is 12.7. The SMILES string of the molecule is COC(=O)NC1C(C)OC(OC2C/C=C(\C)C3C=CC4C(O)C(C)CC(C)C4C3(C)/C(O)=C3/C(=O)OC4(CC(C5SCCS5)=CC(O)C4/C=C/2C)C3=O)CC1(C)[N+](=O)[O-]. The highest BCUT2D eigenvalue weighted by atomic mass is 32.2. The lowest BCUT2D eigenvalue weighted by Gasteiger charge is -2.55. The smallest absolute Gasteiger partial charge is 0.407 e. The van der Waals surface area contributed by atoms with E-state index in [9.17, 15) is 35.0 Å². The Morgan fingerprint density at radius 3 is 2.41 bits per heavy atom. The van der Waals surface area contributed by atoms with Crippen molar-refractivity contribution in [1.82, 2.24) is 5.32 Å². The zero-order valence-corrected chi connectivity index (χ0v) is 36.5. The summed E-state index contributed by atoms with van der Waals surface area (Å²) in [6, 6.07) is -1.04. The maximum Gasteiger partial charge on any atom is 0.407 e. The van der Waals surface area contributed by atoms with Crippen LogP contribution in [0.2, 0.25) is 0 Å². The second-order valence-electron chi connectivity index (χ2n) is 18.2. The van der Waals surface area contributed by atoms with Gasteiger partial charge >= 0.3 is 12.1 Å². The third kappa shape index (κ3) is 7.30. The van der Waals surface area contributed by atoms with Crippen LogP contribution < -0.4 is 5.32 Å². The van der Waals surface area contributed by atoms with Crippen molar-refractivity contribution >= 4 is 41.4 Å². The second kappa shape index (κ2) is 16.3. The molecule has 0 aromatic rings. The number of nitrogens with one attached hydrogen (secondary N) is 1. The highest BCUT2D eigenvalue weighted by Crippen LogP contribution is 2.60. The van der Waals surface area contributed by atoms with E-state index in [1.54, 1.807) is 49.5 Å². The van der Waals surface area contributed by atoms with Crippen LogP contribution in [-0.4, -0.2) is 109 Å². The Bertz CT molecular complexity index is 1910. The molecular formula is C43H58N2O12S2. The lowest BCUT2D eigenvalue weighted by atomic mass is 9.49. The molecule has 4 N–H and O–H groups in total. The van der Waals surface area contributed by atoms with E-state index in [-0.39, 0.29) is 53.3 Å². The number of ether oxygens (including phenoxy) is 4. The van der Waals surface area contributed by atoms with Gasteiger partial charge in [-0.05, 0) is 62.5 Å². The highest BCUT2D eigenvalue weighted by Gasteiger charge is 2.65. The van der Waals surface area contributed by atoms with Crippen molar-refractivity contribution in [3.05, 3.63) is 68.5 Å². The van der Waals surface area contributed by atoms with Gasteiger partial charge in [0.1, 0.15) is 17.4 Å². The largest absolute Gasteiger partial charge is 0.511 e. The molecule has 15 atom stereocenters. The third-order valence-electron chi connectivity index (χ3n) is 14.5. The number of methoxy groups -OCH3 is 1. The summed E-state index contributed by atoms with van der Waals surface area (Å²) in [5.41, 5.74) is -3.08. The Kier molecular flexibility index (Phi) is 12.1. The zero-order chi connectivity index (χ0) is 42.9. The molecule has 4 fully saturated rings. The molecule has 7 rings (SSSR count). The first-order chi connectivity index (χ1) is 27.8. The number of Topliss-reactive ketones (excluding diaryl/α,β-unsaturated/α-hetero) is 1. The molecule has 0 aromatic heterocycles. The number of carbonyl (C=O) groups is 3. The van der Waals surface area contributed by atoms with Gasteiger partial charge in [-0.2, -0.15) is 0 Å². The molecule has 3 aliphatic heterocycles. The van der Waals surface area contributed by atoms with Crippen LogP contribution in [0, 0.1) is 51.0 Å². The van der Waals surface area contributed by atoms with Crippen LogP contribution >= 0.6 is 23.5 Å². The van der Waals surface area contributed by atoms with Gasteiger partial charge in [0.15, 0.2) is 11.9 Å². The Morgan fingerprint density at radius 2 is 1.75 bits per heavy atom. The van der Waals surface area contributed by atoms with E-state index in [0.29, 0.717) is 12.0 Å². The fourth-order valence-corrected chi connectivity index (χ4v) is 14.4. The second-order valence-corrected chi connectivity index (χ2v) is 20.9. The van der Waals surface area contributed by atoms with E-state index in [4.69, 9.17) is 18.9 Å². The number of rotatable bonds is 5. The monoisotopic (exact) mass is 858 g/mol. The number of nitro groups is 1.